The van der Waals surface area contributed by atoms with Crippen molar-refractivity contribution in [3.05, 3.63) is 71.3 Å². The van der Waals surface area contributed by atoms with Crippen LogP contribution in [0.2, 0.25) is 0 Å². The topological polar surface area (TPSA) is 32.3 Å². The van der Waals surface area contributed by atoms with E-state index < -0.39 is 17.7 Å². The number of hydrogen-bond donors (Lipinski definition) is 1. The molecule has 0 saturated carbocycles. The van der Waals surface area contributed by atoms with E-state index >= 15 is 0 Å². The lowest BCUT2D eigenvalue weighted by molar-refractivity contribution is -0.123. The van der Waals surface area contributed by atoms with E-state index in [0.29, 0.717) is 6.54 Å². The number of halogens is 2. The number of hydrogen-bond acceptors (Lipinski definition) is 2. The molecule has 1 unspecified atom stereocenters. The molecule has 0 spiro atoms. The van der Waals surface area contributed by atoms with Gasteiger partial charge in [-0.25, -0.2) is 8.78 Å². The molecule has 25 heavy (non-hydrogen) atoms. The number of carbonyl (C=O) groups excluding carboxylic acids is 1. The maximum Gasteiger partial charge on any atom is 0.234 e. The minimum atomic E-state index is -0.655. The summed E-state index contributed by atoms with van der Waals surface area (Å²) in [5, 5.41) is 2.78. The van der Waals surface area contributed by atoms with Crippen LogP contribution in [0, 0.1) is 11.6 Å². The third kappa shape index (κ3) is 5.64. The van der Waals surface area contributed by atoms with Gasteiger partial charge in [0, 0.05) is 24.2 Å². The Balaban J connectivity index is 1.98. The van der Waals surface area contributed by atoms with Gasteiger partial charge in [0.15, 0.2) is 0 Å². The highest BCUT2D eigenvalue weighted by Crippen LogP contribution is 2.18. The second-order valence-electron chi connectivity index (χ2n) is 6.44. The SMILES string of the molecule is CC(NC(=O)CN(Cc1ccccc1)C(C)C)c1ccc(F)cc1F. The Kier molecular flexibility index (Phi) is 6.65. The largest absolute Gasteiger partial charge is 0.348 e. The third-order valence-electron chi connectivity index (χ3n) is 4.11. The molecule has 2 rings (SSSR count). The normalized spacial score (nSPS) is 12.4. The van der Waals surface area contributed by atoms with Gasteiger partial charge >= 0.3 is 0 Å². The van der Waals surface area contributed by atoms with Crippen LogP contribution in [0.3, 0.4) is 0 Å². The molecule has 0 aromatic heterocycles. The average Bonchev–Trinajstić information content (AvgIpc) is 2.54. The summed E-state index contributed by atoms with van der Waals surface area (Å²) in [6.07, 6.45) is 0. The molecular weight excluding hydrogens is 322 g/mol. The van der Waals surface area contributed by atoms with E-state index in [1.54, 1.807) is 6.92 Å². The lowest BCUT2D eigenvalue weighted by Crippen LogP contribution is -2.41. The fourth-order valence-electron chi connectivity index (χ4n) is 2.64. The van der Waals surface area contributed by atoms with Gasteiger partial charge in [0.05, 0.1) is 12.6 Å². The van der Waals surface area contributed by atoms with Crippen LogP contribution >= 0.6 is 0 Å². The van der Waals surface area contributed by atoms with Gasteiger partial charge in [-0.2, -0.15) is 0 Å². The third-order valence-corrected chi connectivity index (χ3v) is 4.11. The number of nitrogens with one attached hydrogen (secondary N) is 1. The van der Waals surface area contributed by atoms with E-state index in [-0.39, 0.29) is 24.1 Å². The highest BCUT2D eigenvalue weighted by Gasteiger charge is 2.18. The fourth-order valence-corrected chi connectivity index (χ4v) is 2.64. The molecule has 5 heteroatoms. The van der Waals surface area contributed by atoms with E-state index in [4.69, 9.17) is 0 Å². The summed E-state index contributed by atoms with van der Waals surface area (Å²) in [5.41, 5.74) is 1.40. The Bertz CT molecular complexity index is 704. The van der Waals surface area contributed by atoms with Crippen molar-refractivity contribution in [1.29, 1.82) is 0 Å². The van der Waals surface area contributed by atoms with Gasteiger partial charge < -0.3 is 5.32 Å². The van der Waals surface area contributed by atoms with Gasteiger partial charge in [-0.05, 0) is 32.4 Å². The van der Waals surface area contributed by atoms with Crippen LogP contribution < -0.4 is 5.32 Å². The van der Waals surface area contributed by atoms with Crippen molar-refractivity contribution in [3.8, 4) is 0 Å². The quantitative estimate of drug-likeness (QED) is 0.820. The zero-order valence-corrected chi connectivity index (χ0v) is 14.8. The first-order valence-electron chi connectivity index (χ1n) is 8.39. The number of carbonyl (C=O) groups is 1. The zero-order chi connectivity index (χ0) is 18.4. The van der Waals surface area contributed by atoms with Gasteiger partial charge in [0.2, 0.25) is 5.91 Å². The van der Waals surface area contributed by atoms with Crippen LogP contribution in [0.4, 0.5) is 8.78 Å². The number of nitrogens with zero attached hydrogens (tertiary/aromatic N) is 1. The second kappa shape index (κ2) is 8.72. The molecule has 2 aromatic carbocycles. The summed E-state index contributed by atoms with van der Waals surface area (Å²) >= 11 is 0. The van der Waals surface area contributed by atoms with Crippen LogP contribution in [0.5, 0.6) is 0 Å². The number of amides is 1. The van der Waals surface area contributed by atoms with Gasteiger partial charge in [-0.15, -0.1) is 0 Å². The summed E-state index contributed by atoms with van der Waals surface area (Å²) in [4.78, 5) is 14.4. The summed E-state index contributed by atoms with van der Waals surface area (Å²) in [5.74, 6) is -1.48. The first-order valence-corrected chi connectivity index (χ1v) is 8.39. The molecule has 0 bridgehead atoms. The van der Waals surface area contributed by atoms with E-state index in [1.807, 2.05) is 49.1 Å². The van der Waals surface area contributed by atoms with Crippen molar-refractivity contribution in [2.24, 2.45) is 0 Å². The molecule has 3 nitrogen and oxygen atoms in total. The Labute approximate surface area is 147 Å². The highest BCUT2D eigenvalue weighted by molar-refractivity contribution is 5.78. The molecule has 0 fully saturated rings. The zero-order valence-electron chi connectivity index (χ0n) is 14.8. The van der Waals surface area contributed by atoms with Gasteiger partial charge in [0.25, 0.3) is 0 Å². The molecule has 0 saturated heterocycles. The summed E-state index contributed by atoms with van der Waals surface area (Å²) in [7, 11) is 0. The predicted octanol–water partition coefficient (Wildman–Crippen LogP) is 4.05. The Morgan fingerprint density at radius 3 is 2.36 bits per heavy atom. The molecule has 0 radical (unpaired) electrons. The van der Waals surface area contributed by atoms with Crippen molar-refractivity contribution in [3.63, 3.8) is 0 Å². The molecule has 1 atom stereocenters. The second-order valence-corrected chi connectivity index (χ2v) is 6.44. The maximum atomic E-state index is 13.8. The summed E-state index contributed by atoms with van der Waals surface area (Å²) in [6.45, 7) is 6.61. The maximum absolute atomic E-state index is 13.8. The van der Waals surface area contributed by atoms with Crippen LogP contribution in [0.1, 0.15) is 37.9 Å². The minimum Gasteiger partial charge on any atom is -0.348 e. The predicted molar refractivity (Wildman–Crippen MR) is 94.9 cm³/mol. The van der Waals surface area contributed by atoms with Gasteiger partial charge in [-0.3, -0.25) is 9.69 Å². The first-order chi connectivity index (χ1) is 11.9. The van der Waals surface area contributed by atoms with E-state index in [9.17, 15) is 13.6 Å². The van der Waals surface area contributed by atoms with Crippen molar-refractivity contribution in [1.82, 2.24) is 10.2 Å². The Morgan fingerprint density at radius 1 is 1.08 bits per heavy atom. The lowest BCUT2D eigenvalue weighted by atomic mass is 10.1. The molecular formula is C20H24F2N2O. The molecule has 0 heterocycles. The summed E-state index contributed by atoms with van der Waals surface area (Å²) < 4.78 is 26.8. The van der Waals surface area contributed by atoms with E-state index in [1.165, 1.54) is 12.1 Å². The molecule has 0 aliphatic heterocycles. The highest BCUT2D eigenvalue weighted by atomic mass is 19.1. The smallest absolute Gasteiger partial charge is 0.234 e. The van der Waals surface area contributed by atoms with Gasteiger partial charge in [-0.1, -0.05) is 36.4 Å². The first kappa shape index (κ1) is 19.1. The van der Waals surface area contributed by atoms with Crippen molar-refractivity contribution in [2.45, 2.75) is 39.4 Å². The molecule has 134 valence electrons. The molecule has 1 amide bonds. The Morgan fingerprint density at radius 2 is 1.76 bits per heavy atom. The van der Waals surface area contributed by atoms with Crippen molar-refractivity contribution >= 4 is 5.91 Å². The molecule has 0 aliphatic rings. The minimum absolute atomic E-state index is 0.184. The van der Waals surface area contributed by atoms with Crippen LogP contribution in [-0.2, 0) is 11.3 Å². The average molecular weight is 346 g/mol. The monoisotopic (exact) mass is 346 g/mol. The van der Waals surface area contributed by atoms with Crippen LogP contribution in [-0.4, -0.2) is 23.4 Å². The van der Waals surface area contributed by atoms with E-state index in [2.05, 4.69) is 5.32 Å². The lowest BCUT2D eigenvalue weighted by Gasteiger charge is -2.27. The summed E-state index contributed by atoms with van der Waals surface area (Å²) in [6, 6.07) is 13.0. The van der Waals surface area contributed by atoms with Crippen LogP contribution in [0.25, 0.3) is 0 Å². The van der Waals surface area contributed by atoms with Gasteiger partial charge in [0.1, 0.15) is 11.6 Å². The molecule has 2 aromatic rings. The van der Waals surface area contributed by atoms with Crippen molar-refractivity contribution < 1.29 is 13.6 Å². The standard InChI is InChI=1S/C20H24F2N2O/c1-14(2)24(12-16-7-5-4-6-8-16)13-20(25)23-15(3)18-10-9-17(21)11-19(18)22/h4-11,14-15H,12-13H2,1-3H3,(H,23,25). The van der Waals surface area contributed by atoms with Crippen molar-refractivity contribution in [2.75, 3.05) is 6.54 Å². The fraction of sp³-hybridized carbons (Fsp3) is 0.350. The Hall–Kier alpha value is -2.27. The molecule has 0 aliphatic carbocycles. The van der Waals surface area contributed by atoms with E-state index in [0.717, 1.165) is 11.6 Å². The number of benzene rings is 2. The molecule has 1 N–H and O–H groups in total. The van der Waals surface area contributed by atoms with Crippen LogP contribution in [0.15, 0.2) is 48.5 Å². The number of rotatable bonds is 7.